The first-order valence-corrected chi connectivity index (χ1v) is 5.53. The number of morpholine rings is 1. The Balaban J connectivity index is 1.88. The van der Waals surface area contributed by atoms with Gasteiger partial charge < -0.3 is 19.6 Å². The molecule has 2 amide bonds. The molecule has 0 aromatic heterocycles. The highest BCUT2D eigenvalue weighted by atomic mass is 16.5. The molecule has 6 heteroatoms. The van der Waals surface area contributed by atoms with Crippen LogP contribution in [0, 0.1) is 0 Å². The molecular formula is C10H16N2O4. The number of carbonyl (C=O) groups excluding carboxylic acids is 1. The fraction of sp³-hybridized carbons (Fsp3) is 0.800. The first-order chi connectivity index (χ1) is 7.68. The van der Waals surface area contributed by atoms with E-state index in [1.54, 1.807) is 0 Å². The second-order valence-corrected chi connectivity index (χ2v) is 4.14. The Morgan fingerprint density at radius 3 is 2.56 bits per heavy atom. The van der Waals surface area contributed by atoms with Crippen molar-refractivity contribution in [1.29, 1.82) is 0 Å². The van der Waals surface area contributed by atoms with Crippen molar-refractivity contribution < 1.29 is 19.4 Å². The summed E-state index contributed by atoms with van der Waals surface area (Å²) in [7, 11) is 0. The molecular weight excluding hydrogens is 212 g/mol. The van der Waals surface area contributed by atoms with Crippen LogP contribution in [0.3, 0.4) is 0 Å². The van der Waals surface area contributed by atoms with Gasteiger partial charge in [-0.2, -0.15) is 0 Å². The van der Waals surface area contributed by atoms with E-state index in [-0.39, 0.29) is 18.6 Å². The minimum atomic E-state index is -0.869. The maximum Gasteiger partial charge on any atom is 0.407 e. The minimum Gasteiger partial charge on any atom is -0.465 e. The lowest BCUT2D eigenvalue weighted by Gasteiger charge is -2.39. The van der Waals surface area contributed by atoms with Gasteiger partial charge in [-0.05, 0) is 12.8 Å². The third-order valence-corrected chi connectivity index (χ3v) is 3.20. The van der Waals surface area contributed by atoms with Crippen molar-refractivity contribution in [2.75, 3.05) is 32.8 Å². The summed E-state index contributed by atoms with van der Waals surface area (Å²) in [6.45, 7) is 2.43. The summed E-state index contributed by atoms with van der Waals surface area (Å²) >= 11 is 0. The van der Waals surface area contributed by atoms with Gasteiger partial charge in [0.25, 0.3) is 0 Å². The van der Waals surface area contributed by atoms with Crippen molar-refractivity contribution in [3.63, 3.8) is 0 Å². The molecule has 0 spiro atoms. The normalized spacial score (nSPS) is 23.6. The van der Waals surface area contributed by atoms with E-state index in [4.69, 9.17) is 9.84 Å². The van der Waals surface area contributed by atoms with Gasteiger partial charge in [-0.15, -0.1) is 0 Å². The number of nitrogens with zero attached hydrogens (tertiary/aromatic N) is 2. The van der Waals surface area contributed by atoms with Gasteiger partial charge in [0.05, 0.1) is 6.61 Å². The number of hydrogen-bond donors (Lipinski definition) is 1. The quantitative estimate of drug-likeness (QED) is 0.685. The van der Waals surface area contributed by atoms with Crippen molar-refractivity contribution >= 4 is 12.0 Å². The van der Waals surface area contributed by atoms with Crippen molar-refractivity contribution in [3.8, 4) is 0 Å². The molecule has 2 aliphatic heterocycles. The summed E-state index contributed by atoms with van der Waals surface area (Å²) in [4.78, 5) is 25.5. The van der Waals surface area contributed by atoms with Crippen LogP contribution < -0.4 is 0 Å². The molecule has 0 aliphatic carbocycles. The molecule has 0 radical (unpaired) electrons. The maximum absolute atomic E-state index is 11.6. The third kappa shape index (κ3) is 2.27. The number of carbonyl (C=O) groups is 2. The van der Waals surface area contributed by atoms with Gasteiger partial charge in [-0.1, -0.05) is 0 Å². The Hall–Kier alpha value is -1.30. The lowest BCUT2D eigenvalue weighted by molar-refractivity contribution is -0.146. The summed E-state index contributed by atoms with van der Waals surface area (Å²) in [5.74, 6) is 0.0278. The number of rotatable bonds is 1. The van der Waals surface area contributed by atoms with Gasteiger partial charge in [-0.25, -0.2) is 4.79 Å². The van der Waals surface area contributed by atoms with Gasteiger partial charge in [0.2, 0.25) is 5.91 Å². The number of amides is 2. The number of ether oxygens (including phenoxy) is 1. The Morgan fingerprint density at radius 1 is 1.31 bits per heavy atom. The van der Waals surface area contributed by atoms with Crippen LogP contribution in [0.4, 0.5) is 4.79 Å². The zero-order chi connectivity index (χ0) is 11.5. The van der Waals surface area contributed by atoms with E-state index in [9.17, 15) is 9.59 Å². The van der Waals surface area contributed by atoms with Crippen LogP contribution in [0.25, 0.3) is 0 Å². The predicted octanol–water partition coefficient (Wildman–Crippen LogP) is -0.0124. The van der Waals surface area contributed by atoms with Crippen molar-refractivity contribution in [2.45, 2.75) is 18.9 Å². The lowest BCUT2D eigenvalue weighted by atomic mass is 10.0. The summed E-state index contributed by atoms with van der Waals surface area (Å²) in [5, 5.41) is 8.81. The summed E-state index contributed by atoms with van der Waals surface area (Å²) in [5.41, 5.74) is 0. The summed E-state index contributed by atoms with van der Waals surface area (Å²) < 4.78 is 5.07. The fourth-order valence-electron chi connectivity index (χ4n) is 2.29. The molecule has 6 nitrogen and oxygen atoms in total. The highest BCUT2D eigenvalue weighted by molar-refractivity contribution is 5.78. The van der Waals surface area contributed by atoms with E-state index in [0.29, 0.717) is 26.2 Å². The monoisotopic (exact) mass is 228 g/mol. The number of carboxylic acid groups (broad SMARTS) is 1. The largest absolute Gasteiger partial charge is 0.465 e. The molecule has 2 rings (SSSR count). The standard InChI is InChI=1S/C10H16N2O4/c13-9-7-16-6-5-12(9)8-1-3-11(4-2-8)10(14)15/h8H,1-7H2,(H,14,15). The van der Waals surface area contributed by atoms with Crippen LogP contribution in [0.2, 0.25) is 0 Å². The minimum absolute atomic E-state index is 0.0278. The van der Waals surface area contributed by atoms with Crippen LogP contribution in [0.1, 0.15) is 12.8 Å². The van der Waals surface area contributed by atoms with Crippen molar-refractivity contribution in [1.82, 2.24) is 9.80 Å². The Labute approximate surface area is 93.8 Å². The first kappa shape index (κ1) is 11.2. The lowest BCUT2D eigenvalue weighted by Crippen LogP contribution is -2.52. The first-order valence-electron chi connectivity index (χ1n) is 5.53. The van der Waals surface area contributed by atoms with Crippen LogP contribution in [-0.4, -0.2) is 65.8 Å². The zero-order valence-electron chi connectivity index (χ0n) is 9.09. The Morgan fingerprint density at radius 2 is 2.00 bits per heavy atom. The highest BCUT2D eigenvalue weighted by Crippen LogP contribution is 2.18. The molecule has 0 aromatic carbocycles. The summed E-state index contributed by atoms with van der Waals surface area (Å²) in [6, 6.07) is 0.187. The molecule has 1 N–H and O–H groups in total. The van der Waals surface area contributed by atoms with E-state index in [1.807, 2.05) is 4.90 Å². The fourth-order valence-corrected chi connectivity index (χ4v) is 2.29. The van der Waals surface area contributed by atoms with Gasteiger partial charge in [0.15, 0.2) is 0 Å². The molecule has 0 saturated carbocycles. The third-order valence-electron chi connectivity index (χ3n) is 3.20. The van der Waals surface area contributed by atoms with Crippen LogP contribution >= 0.6 is 0 Å². The Bertz CT molecular complexity index is 287. The van der Waals surface area contributed by atoms with E-state index in [1.165, 1.54) is 4.90 Å². The van der Waals surface area contributed by atoms with E-state index >= 15 is 0 Å². The second kappa shape index (κ2) is 4.69. The molecule has 2 fully saturated rings. The molecule has 0 aromatic rings. The van der Waals surface area contributed by atoms with Crippen molar-refractivity contribution in [3.05, 3.63) is 0 Å². The Kier molecular flexibility index (Phi) is 3.28. The molecule has 0 atom stereocenters. The molecule has 0 unspecified atom stereocenters. The SMILES string of the molecule is O=C(O)N1CCC(N2CCOCC2=O)CC1. The smallest absolute Gasteiger partial charge is 0.407 e. The van der Waals surface area contributed by atoms with E-state index in [0.717, 1.165) is 12.8 Å². The predicted molar refractivity (Wildman–Crippen MR) is 55.2 cm³/mol. The molecule has 90 valence electrons. The van der Waals surface area contributed by atoms with Crippen LogP contribution in [0.15, 0.2) is 0 Å². The van der Waals surface area contributed by atoms with Crippen molar-refractivity contribution in [2.24, 2.45) is 0 Å². The van der Waals surface area contributed by atoms with Gasteiger partial charge in [-0.3, -0.25) is 4.79 Å². The van der Waals surface area contributed by atoms with E-state index in [2.05, 4.69) is 0 Å². The molecule has 2 saturated heterocycles. The molecule has 0 bridgehead atoms. The molecule has 16 heavy (non-hydrogen) atoms. The second-order valence-electron chi connectivity index (χ2n) is 4.14. The van der Waals surface area contributed by atoms with Crippen LogP contribution in [0.5, 0.6) is 0 Å². The average molecular weight is 228 g/mol. The zero-order valence-corrected chi connectivity index (χ0v) is 9.09. The van der Waals surface area contributed by atoms with Gasteiger partial charge >= 0.3 is 6.09 Å². The molecule has 2 aliphatic rings. The highest BCUT2D eigenvalue weighted by Gasteiger charge is 2.30. The van der Waals surface area contributed by atoms with Crippen LogP contribution in [-0.2, 0) is 9.53 Å². The number of likely N-dealkylation sites (tertiary alicyclic amines) is 1. The topological polar surface area (TPSA) is 70.1 Å². The molecule has 2 heterocycles. The van der Waals surface area contributed by atoms with Gasteiger partial charge in [0, 0.05) is 25.7 Å². The van der Waals surface area contributed by atoms with E-state index < -0.39 is 6.09 Å². The summed E-state index contributed by atoms with van der Waals surface area (Å²) in [6.07, 6.45) is 0.600. The number of piperidine rings is 1. The average Bonchev–Trinajstić information content (AvgIpc) is 2.30. The van der Waals surface area contributed by atoms with Gasteiger partial charge in [0.1, 0.15) is 6.61 Å². The number of hydrogen-bond acceptors (Lipinski definition) is 3. The maximum atomic E-state index is 11.6.